The van der Waals surface area contributed by atoms with Gasteiger partial charge >= 0.3 is 0 Å². The molecule has 4 heteroatoms. The summed E-state index contributed by atoms with van der Waals surface area (Å²) >= 11 is 0. The number of aryl methyl sites for hydroxylation is 1. The van der Waals surface area contributed by atoms with Crippen molar-refractivity contribution >= 4 is 5.91 Å². The van der Waals surface area contributed by atoms with Gasteiger partial charge in [0.05, 0.1) is 6.33 Å². The molecule has 1 aliphatic rings. The van der Waals surface area contributed by atoms with Gasteiger partial charge in [0.25, 0.3) is 0 Å². The average Bonchev–Trinajstić information content (AvgIpc) is 3.06. The lowest BCUT2D eigenvalue weighted by Crippen LogP contribution is -2.25. The van der Waals surface area contributed by atoms with Crippen LogP contribution in [-0.2, 0) is 11.3 Å². The molecule has 1 aromatic heterocycles. The van der Waals surface area contributed by atoms with Crippen molar-refractivity contribution in [3.05, 3.63) is 18.7 Å². The first kappa shape index (κ1) is 17.0. The molecule has 1 fully saturated rings. The predicted molar refractivity (Wildman–Crippen MR) is 89.5 cm³/mol. The Morgan fingerprint density at radius 1 is 1.14 bits per heavy atom. The van der Waals surface area contributed by atoms with Gasteiger partial charge in [-0.3, -0.25) is 4.79 Å². The SMILES string of the molecule is O=C(CCC1CCCCC1)NCCCCCCn1ccnc1. The molecule has 1 aliphatic carbocycles. The first-order chi connectivity index (χ1) is 10.8. The van der Waals surface area contributed by atoms with Gasteiger partial charge in [-0.05, 0) is 25.2 Å². The van der Waals surface area contributed by atoms with E-state index < -0.39 is 0 Å². The molecular weight excluding hydrogens is 274 g/mol. The van der Waals surface area contributed by atoms with Crippen LogP contribution in [0.3, 0.4) is 0 Å². The molecule has 0 radical (unpaired) electrons. The fraction of sp³-hybridized carbons (Fsp3) is 0.778. The molecule has 4 nitrogen and oxygen atoms in total. The van der Waals surface area contributed by atoms with E-state index in [2.05, 4.69) is 14.9 Å². The highest BCUT2D eigenvalue weighted by Crippen LogP contribution is 2.27. The van der Waals surface area contributed by atoms with E-state index in [9.17, 15) is 4.79 Å². The van der Waals surface area contributed by atoms with E-state index in [0.717, 1.165) is 38.3 Å². The summed E-state index contributed by atoms with van der Waals surface area (Å²) in [6.45, 7) is 1.89. The molecule has 0 atom stereocenters. The fourth-order valence-electron chi connectivity index (χ4n) is 3.32. The monoisotopic (exact) mass is 305 g/mol. The predicted octanol–water partition coefficient (Wildman–Crippen LogP) is 3.92. The Morgan fingerprint density at radius 3 is 2.73 bits per heavy atom. The lowest BCUT2D eigenvalue weighted by molar-refractivity contribution is -0.121. The molecule has 22 heavy (non-hydrogen) atoms. The molecule has 0 bridgehead atoms. The molecule has 1 amide bonds. The second-order valence-electron chi connectivity index (χ2n) is 6.61. The highest BCUT2D eigenvalue weighted by atomic mass is 16.1. The van der Waals surface area contributed by atoms with E-state index in [1.54, 1.807) is 0 Å². The number of hydrogen-bond donors (Lipinski definition) is 1. The Labute approximate surface area is 134 Å². The summed E-state index contributed by atoms with van der Waals surface area (Å²) in [6.07, 6.45) is 19.0. The minimum Gasteiger partial charge on any atom is -0.356 e. The van der Waals surface area contributed by atoms with Crippen LogP contribution in [0.4, 0.5) is 0 Å². The van der Waals surface area contributed by atoms with Gasteiger partial charge in [0.2, 0.25) is 5.91 Å². The largest absolute Gasteiger partial charge is 0.356 e. The van der Waals surface area contributed by atoms with Crippen LogP contribution in [0, 0.1) is 5.92 Å². The number of hydrogen-bond acceptors (Lipinski definition) is 2. The topological polar surface area (TPSA) is 46.9 Å². The summed E-state index contributed by atoms with van der Waals surface area (Å²) in [5.74, 6) is 1.06. The second-order valence-corrected chi connectivity index (χ2v) is 6.61. The van der Waals surface area contributed by atoms with Crippen molar-refractivity contribution in [2.45, 2.75) is 77.2 Å². The second kappa shape index (κ2) is 10.4. The minimum atomic E-state index is 0.254. The Hall–Kier alpha value is -1.32. The van der Waals surface area contributed by atoms with E-state index in [1.807, 2.05) is 18.7 Å². The maximum Gasteiger partial charge on any atom is 0.220 e. The molecule has 1 saturated carbocycles. The maximum absolute atomic E-state index is 11.8. The van der Waals surface area contributed by atoms with Crippen LogP contribution in [0.15, 0.2) is 18.7 Å². The molecule has 0 aromatic carbocycles. The molecule has 0 aliphatic heterocycles. The van der Waals surface area contributed by atoms with Gasteiger partial charge in [-0.1, -0.05) is 44.9 Å². The molecule has 0 unspecified atom stereocenters. The lowest BCUT2D eigenvalue weighted by atomic mass is 9.86. The molecule has 0 spiro atoms. The molecule has 2 rings (SSSR count). The van der Waals surface area contributed by atoms with Gasteiger partial charge in [-0.15, -0.1) is 0 Å². The number of amides is 1. The minimum absolute atomic E-state index is 0.254. The first-order valence-electron chi connectivity index (χ1n) is 9.07. The number of nitrogens with one attached hydrogen (secondary N) is 1. The summed E-state index contributed by atoms with van der Waals surface area (Å²) in [7, 11) is 0. The van der Waals surface area contributed by atoms with E-state index in [1.165, 1.54) is 51.4 Å². The van der Waals surface area contributed by atoms with Crippen LogP contribution in [0.5, 0.6) is 0 Å². The molecule has 0 saturated heterocycles. The van der Waals surface area contributed by atoms with E-state index >= 15 is 0 Å². The van der Waals surface area contributed by atoms with E-state index in [4.69, 9.17) is 0 Å². The zero-order chi connectivity index (χ0) is 15.5. The van der Waals surface area contributed by atoms with Crippen molar-refractivity contribution in [1.82, 2.24) is 14.9 Å². The number of rotatable bonds is 10. The first-order valence-corrected chi connectivity index (χ1v) is 9.07. The summed E-state index contributed by atoms with van der Waals surface area (Å²) in [4.78, 5) is 15.8. The lowest BCUT2D eigenvalue weighted by Gasteiger charge is -2.20. The zero-order valence-electron chi connectivity index (χ0n) is 13.8. The van der Waals surface area contributed by atoms with Gasteiger partial charge in [-0.25, -0.2) is 4.98 Å². The Bertz CT molecular complexity index is 396. The third-order valence-electron chi connectivity index (χ3n) is 4.73. The fourth-order valence-corrected chi connectivity index (χ4v) is 3.32. The van der Waals surface area contributed by atoms with Crippen molar-refractivity contribution < 1.29 is 4.79 Å². The van der Waals surface area contributed by atoms with Crippen LogP contribution < -0.4 is 5.32 Å². The average molecular weight is 305 g/mol. The third-order valence-corrected chi connectivity index (χ3v) is 4.73. The number of imidazole rings is 1. The van der Waals surface area contributed by atoms with Gasteiger partial charge in [-0.2, -0.15) is 0 Å². The number of unbranched alkanes of at least 4 members (excludes halogenated alkanes) is 3. The highest BCUT2D eigenvalue weighted by molar-refractivity contribution is 5.75. The molecule has 1 aromatic rings. The molecule has 1 heterocycles. The highest BCUT2D eigenvalue weighted by Gasteiger charge is 2.14. The Balaban J connectivity index is 1.38. The standard InChI is InChI=1S/C18H31N3O/c22-18(11-10-17-8-4-3-5-9-17)20-12-6-1-2-7-14-21-15-13-19-16-21/h13,15-17H,1-12,14H2,(H,20,22). The molecule has 1 N–H and O–H groups in total. The zero-order valence-corrected chi connectivity index (χ0v) is 13.8. The summed E-state index contributed by atoms with van der Waals surface area (Å²) in [5, 5.41) is 3.07. The van der Waals surface area contributed by atoms with Gasteiger partial charge in [0.1, 0.15) is 0 Å². The summed E-state index contributed by atoms with van der Waals surface area (Å²) < 4.78 is 2.12. The van der Waals surface area contributed by atoms with Crippen molar-refractivity contribution in [3.63, 3.8) is 0 Å². The number of aromatic nitrogens is 2. The Kier molecular flexibility index (Phi) is 8.07. The van der Waals surface area contributed by atoms with Crippen LogP contribution >= 0.6 is 0 Å². The smallest absolute Gasteiger partial charge is 0.220 e. The van der Waals surface area contributed by atoms with Crippen molar-refractivity contribution in [2.24, 2.45) is 5.92 Å². The number of carbonyl (C=O) groups is 1. The number of carbonyl (C=O) groups excluding carboxylic acids is 1. The van der Waals surface area contributed by atoms with Crippen molar-refractivity contribution in [1.29, 1.82) is 0 Å². The summed E-state index contributed by atoms with van der Waals surface area (Å²) in [5.41, 5.74) is 0. The van der Waals surface area contributed by atoms with Crippen LogP contribution in [0.25, 0.3) is 0 Å². The molecule has 124 valence electrons. The number of nitrogens with zero attached hydrogens (tertiary/aromatic N) is 2. The Morgan fingerprint density at radius 2 is 1.95 bits per heavy atom. The third kappa shape index (κ3) is 7.10. The van der Waals surface area contributed by atoms with Gasteiger partial charge in [0.15, 0.2) is 0 Å². The quantitative estimate of drug-likeness (QED) is 0.666. The van der Waals surface area contributed by atoms with Crippen molar-refractivity contribution in [2.75, 3.05) is 6.54 Å². The van der Waals surface area contributed by atoms with Gasteiger partial charge < -0.3 is 9.88 Å². The van der Waals surface area contributed by atoms with Crippen LogP contribution in [0.1, 0.15) is 70.6 Å². The van der Waals surface area contributed by atoms with Gasteiger partial charge in [0, 0.05) is 31.9 Å². The van der Waals surface area contributed by atoms with Crippen molar-refractivity contribution in [3.8, 4) is 0 Å². The molecular formula is C18H31N3O. The normalized spacial score (nSPS) is 15.8. The summed E-state index contributed by atoms with van der Waals surface area (Å²) in [6, 6.07) is 0. The van der Waals surface area contributed by atoms with Crippen LogP contribution in [-0.4, -0.2) is 22.0 Å². The van der Waals surface area contributed by atoms with E-state index in [0.29, 0.717) is 0 Å². The van der Waals surface area contributed by atoms with E-state index in [-0.39, 0.29) is 5.91 Å². The maximum atomic E-state index is 11.8. The van der Waals surface area contributed by atoms with Crippen LogP contribution in [0.2, 0.25) is 0 Å².